The molecule has 0 atom stereocenters. The molecular formula is C17H23N5O3. The number of rotatable bonds is 6. The molecule has 1 heterocycles. The van der Waals surface area contributed by atoms with Gasteiger partial charge in [-0.25, -0.2) is 4.79 Å². The van der Waals surface area contributed by atoms with Gasteiger partial charge >= 0.3 is 6.03 Å². The lowest BCUT2D eigenvalue weighted by atomic mass is 10.2. The average molecular weight is 345 g/mol. The first kappa shape index (κ1) is 18.7. The molecule has 134 valence electrons. The van der Waals surface area contributed by atoms with Crippen molar-refractivity contribution in [3.63, 3.8) is 0 Å². The molecule has 0 aliphatic carbocycles. The Balaban J connectivity index is 1.74. The summed E-state index contributed by atoms with van der Waals surface area (Å²) in [5.41, 5.74) is 1.10. The number of methoxy groups -OCH3 is 1. The van der Waals surface area contributed by atoms with Crippen LogP contribution in [0.1, 0.15) is 5.56 Å². The lowest BCUT2D eigenvalue weighted by Gasteiger charge is -2.34. The third kappa shape index (κ3) is 6.06. The summed E-state index contributed by atoms with van der Waals surface area (Å²) in [7, 11) is 1.59. The van der Waals surface area contributed by atoms with Crippen LogP contribution in [0.3, 0.4) is 0 Å². The molecule has 1 saturated heterocycles. The monoisotopic (exact) mass is 345 g/mol. The number of carbonyl (C=O) groups excluding carboxylic acids is 2. The fourth-order valence-electron chi connectivity index (χ4n) is 2.53. The van der Waals surface area contributed by atoms with E-state index in [0.717, 1.165) is 0 Å². The SMILES string of the molecule is COCCNC(=O)CN1CCN(C(=O)Nc2cccc(C#N)c2)CC1. The Kier molecular flexibility index (Phi) is 7.19. The maximum absolute atomic E-state index is 12.3. The number of nitriles is 1. The highest BCUT2D eigenvalue weighted by Crippen LogP contribution is 2.11. The zero-order valence-corrected chi connectivity index (χ0v) is 14.3. The summed E-state index contributed by atoms with van der Waals surface area (Å²) in [4.78, 5) is 27.8. The summed E-state index contributed by atoms with van der Waals surface area (Å²) in [6.45, 7) is 3.70. The van der Waals surface area contributed by atoms with Crippen molar-refractivity contribution in [2.24, 2.45) is 0 Å². The molecule has 2 rings (SSSR count). The first-order chi connectivity index (χ1) is 12.1. The molecule has 1 aliphatic rings. The van der Waals surface area contributed by atoms with Crippen LogP contribution >= 0.6 is 0 Å². The number of nitrogens with zero attached hydrogens (tertiary/aromatic N) is 3. The third-order valence-corrected chi connectivity index (χ3v) is 3.90. The molecule has 1 aromatic carbocycles. The smallest absolute Gasteiger partial charge is 0.321 e. The van der Waals surface area contributed by atoms with Crippen LogP contribution < -0.4 is 10.6 Å². The molecule has 2 N–H and O–H groups in total. The van der Waals surface area contributed by atoms with E-state index in [0.29, 0.717) is 57.1 Å². The Bertz CT molecular complexity index is 635. The van der Waals surface area contributed by atoms with E-state index in [1.807, 2.05) is 11.0 Å². The van der Waals surface area contributed by atoms with E-state index in [1.54, 1.807) is 36.3 Å². The molecule has 1 fully saturated rings. The third-order valence-electron chi connectivity index (χ3n) is 3.90. The van der Waals surface area contributed by atoms with Crippen LogP contribution in [0.5, 0.6) is 0 Å². The summed E-state index contributed by atoms with van der Waals surface area (Å²) in [6, 6.07) is 8.65. The summed E-state index contributed by atoms with van der Waals surface area (Å²) in [5, 5.41) is 14.5. The predicted octanol–water partition coefficient (Wildman–Crippen LogP) is 0.470. The molecule has 1 aromatic rings. The molecule has 3 amide bonds. The van der Waals surface area contributed by atoms with Crippen molar-refractivity contribution in [2.75, 3.05) is 58.3 Å². The number of nitrogens with one attached hydrogen (secondary N) is 2. The number of ether oxygens (including phenoxy) is 1. The van der Waals surface area contributed by atoms with Gasteiger partial charge in [0.1, 0.15) is 0 Å². The van der Waals surface area contributed by atoms with E-state index in [2.05, 4.69) is 10.6 Å². The summed E-state index contributed by atoms with van der Waals surface area (Å²) in [5.74, 6) is -0.0386. The molecule has 8 nitrogen and oxygen atoms in total. The number of hydrogen-bond donors (Lipinski definition) is 2. The van der Waals surface area contributed by atoms with E-state index in [9.17, 15) is 9.59 Å². The van der Waals surface area contributed by atoms with Crippen molar-refractivity contribution in [1.82, 2.24) is 15.1 Å². The van der Waals surface area contributed by atoms with Gasteiger partial charge in [0.25, 0.3) is 0 Å². The van der Waals surface area contributed by atoms with Crippen molar-refractivity contribution in [1.29, 1.82) is 5.26 Å². The van der Waals surface area contributed by atoms with Gasteiger partial charge in [0.2, 0.25) is 5.91 Å². The molecule has 0 saturated carbocycles. The van der Waals surface area contributed by atoms with Gasteiger partial charge in [-0.3, -0.25) is 9.69 Å². The maximum Gasteiger partial charge on any atom is 0.321 e. The van der Waals surface area contributed by atoms with Crippen molar-refractivity contribution in [2.45, 2.75) is 0 Å². The van der Waals surface area contributed by atoms with Gasteiger partial charge in [-0.2, -0.15) is 5.26 Å². The summed E-state index contributed by atoms with van der Waals surface area (Å²) in [6.07, 6.45) is 0. The van der Waals surface area contributed by atoms with Crippen LogP contribution in [0.4, 0.5) is 10.5 Å². The number of benzene rings is 1. The molecule has 0 unspecified atom stereocenters. The minimum atomic E-state index is -0.195. The van der Waals surface area contributed by atoms with Gasteiger partial charge in [-0.05, 0) is 18.2 Å². The van der Waals surface area contributed by atoms with Gasteiger partial charge in [-0.1, -0.05) is 6.07 Å². The van der Waals surface area contributed by atoms with E-state index >= 15 is 0 Å². The molecule has 8 heteroatoms. The molecular weight excluding hydrogens is 322 g/mol. The van der Waals surface area contributed by atoms with Crippen LogP contribution in [0, 0.1) is 11.3 Å². The molecule has 1 aliphatic heterocycles. The molecule has 25 heavy (non-hydrogen) atoms. The predicted molar refractivity (Wildman–Crippen MR) is 93.1 cm³/mol. The average Bonchev–Trinajstić information content (AvgIpc) is 2.62. The van der Waals surface area contributed by atoms with E-state index in [4.69, 9.17) is 10.00 Å². The number of hydrogen-bond acceptors (Lipinski definition) is 5. The zero-order chi connectivity index (χ0) is 18.1. The number of urea groups is 1. The van der Waals surface area contributed by atoms with Crippen LogP contribution in [0.15, 0.2) is 24.3 Å². The van der Waals surface area contributed by atoms with Gasteiger partial charge in [-0.15, -0.1) is 0 Å². The highest BCUT2D eigenvalue weighted by atomic mass is 16.5. The van der Waals surface area contributed by atoms with Crippen molar-refractivity contribution >= 4 is 17.6 Å². The summed E-state index contributed by atoms with van der Waals surface area (Å²) < 4.78 is 4.89. The maximum atomic E-state index is 12.3. The van der Waals surface area contributed by atoms with Gasteiger partial charge < -0.3 is 20.3 Å². The quantitative estimate of drug-likeness (QED) is 0.731. The van der Waals surface area contributed by atoms with Crippen LogP contribution in [-0.2, 0) is 9.53 Å². The number of piperazine rings is 1. The zero-order valence-electron chi connectivity index (χ0n) is 14.3. The molecule has 0 spiro atoms. The number of amides is 3. The fourth-order valence-corrected chi connectivity index (χ4v) is 2.53. The fraction of sp³-hybridized carbons (Fsp3) is 0.471. The Morgan fingerprint density at radius 2 is 2.04 bits per heavy atom. The highest BCUT2D eigenvalue weighted by molar-refractivity contribution is 5.89. The Morgan fingerprint density at radius 1 is 1.28 bits per heavy atom. The minimum Gasteiger partial charge on any atom is -0.383 e. The van der Waals surface area contributed by atoms with Crippen LogP contribution in [0.2, 0.25) is 0 Å². The van der Waals surface area contributed by atoms with Crippen molar-refractivity contribution in [3.8, 4) is 6.07 Å². The lowest BCUT2D eigenvalue weighted by Crippen LogP contribution is -2.52. The topological polar surface area (TPSA) is 97.7 Å². The molecule has 0 radical (unpaired) electrons. The molecule has 0 aromatic heterocycles. The van der Waals surface area contributed by atoms with Crippen LogP contribution in [-0.4, -0.2) is 74.7 Å². The van der Waals surface area contributed by atoms with Gasteiger partial charge in [0.05, 0.1) is 24.8 Å². The second-order valence-corrected chi connectivity index (χ2v) is 5.73. The first-order valence-corrected chi connectivity index (χ1v) is 8.16. The second kappa shape index (κ2) is 9.61. The van der Waals surface area contributed by atoms with Crippen LogP contribution in [0.25, 0.3) is 0 Å². The minimum absolute atomic E-state index is 0.0386. The van der Waals surface area contributed by atoms with E-state index in [1.165, 1.54) is 0 Å². The highest BCUT2D eigenvalue weighted by Gasteiger charge is 2.22. The van der Waals surface area contributed by atoms with E-state index < -0.39 is 0 Å². The Morgan fingerprint density at radius 3 is 2.72 bits per heavy atom. The standard InChI is InChI=1S/C17H23N5O3/c1-25-10-5-19-16(23)13-21-6-8-22(9-7-21)17(24)20-15-4-2-3-14(11-15)12-18/h2-4,11H,5-10,13H2,1H3,(H,19,23)(H,20,24). The van der Waals surface area contributed by atoms with E-state index in [-0.39, 0.29) is 11.9 Å². The summed E-state index contributed by atoms with van der Waals surface area (Å²) >= 11 is 0. The first-order valence-electron chi connectivity index (χ1n) is 8.16. The number of carbonyl (C=O) groups is 2. The van der Waals surface area contributed by atoms with Crippen molar-refractivity contribution < 1.29 is 14.3 Å². The van der Waals surface area contributed by atoms with Gasteiger partial charge in [0, 0.05) is 45.5 Å². The largest absolute Gasteiger partial charge is 0.383 e. The normalized spacial score (nSPS) is 14.6. The Hall–Kier alpha value is -2.63. The van der Waals surface area contributed by atoms with Crippen molar-refractivity contribution in [3.05, 3.63) is 29.8 Å². The number of anilines is 1. The molecule has 0 bridgehead atoms. The Labute approximate surface area is 147 Å². The lowest BCUT2D eigenvalue weighted by molar-refractivity contribution is -0.122. The second-order valence-electron chi connectivity index (χ2n) is 5.73. The van der Waals surface area contributed by atoms with Gasteiger partial charge in [0.15, 0.2) is 0 Å².